The Labute approximate surface area is 84.4 Å². The van der Waals surface area contributed by atoms with Crippen LogP contribution in [-0.2, 0) is 9.59 Å². The Kier molecular flexibility index (Phi) is 3.92. The van der Waals surface area contributed by atoms with Gasteiger partial charge in [-0.1, -0.05) is 26.7 Å². The van der Waals surface area contributed by atoms with Crippen LogP contribution >= 0.6 is 0 Å². The number of carbonyl (C=O) groups is 2. The monoisotopic (exact) mass is 198 g/mol. The summed E-state index contributed by atoms with van der Waals surface area (Å²) in [7, 11) is 0. The van der Waals surface area contributed by atoms with E-state index in [1.165, 1.54) is 0 Å². The second kappa shape index (κ2) is 4.98. The van der Waals surface area contributed by atoms with E-state index in [-0.39, 0.29) is 23.9 Å². The van der Waals surface area contributed by atoms with Gasteiger partial charge in [0.05, 0.1) is 0 Å². The minimum absolute atomic E-state index is 0.0371. The summed E-state index contributed by atoms with van der Waals surface area (Å²) in [6, 6.07) is -0.638. The zero-order chi connectivity index (χ0) is 10.6. The number of carbonyl (C=O) groups excluding carboxylic acids is 2. The van der Waals surface area contributed by atoms with Crippen LogP contribution in [0.2, 0.25) is 0 Å². The van der Waals surface area contributed by atoms with Gasteiger partial charge in [0.2, 0.25) is 11.8 Å². The lowest BCUT2D eigenvalue weighted by atomic mass is 10.0. The lowest BCUT2D eigenvalue weighted by Gasteiger charge is -2.29. The van der Waals surface area contributed by atoms with Crippen molar-refractivity contribution in [3.8, 4) is 0 Å². The lowest BCUT2D eigenvalue weighted by Crippen LogP contribution is -2.61. The van der Waals surface area contributed by atoms with Gasteiger partial charge in [0.15, 0.2) is 0 Å². The molecule has 2 unspecified atom stereocenters. The van der Waals surface area contributed by atoms with E-state index in [0.717, 1.165) is 25.7 Å². The van der Waals surface area contributed by atoms with Crippen LogP contribution in [0.4, 0.5) is 0 Å². The first kappa shape index (κ1) is 11.0. The fourth-order valence-electron chi connectivity index (χ4n) is 1.66. The smallest absolute Gasteiger partial charge is 0.243 e. The molecule has 0 aromatic heterocycles. The van der Waals surface area contributed by atoms with Crippen molar-refractivity contribution in [3.05, 3.63) is 0 Å². The molecule has 2 N–H and O–H groups in total. The Morgan fingerprint density at radius 1 is 0.929 bits per heavy atom. The highest BCUT2D eigenvalue weighted by atomic mass is 16.2. The van der Waals surface area contributed by atoms with Crippen molar-refractivity contribution in [1.29, 1.82) is 0 Å². The largest absolute Gasteiger partial charge is 0.343 e. The third-order valence-electron chi connectivity index (χ3n) is 2.42. The topological polar surface area (TPSA) is 58.2 Å². The zero-order valence-electron chi connectivity index (χ0n) is 8.80. The van der Waals surface area contributed by atoms with Crippen molar-refractivity contribution in [2.75, 3.05) is 0 Å². The molecule has 14 heavy (non-hydrogen) atoms. The van der Waals surface area contributed by atoms with Gasteiger partial charge in [-0.2, -0.15) is 0 Å². The molecule has 4 heteroatoms. The predicted molar refractivity (Wildman–Crippen MR) is 53.7 cm³/mol. The van der Waals surface area contributed by atoms with Crippen molar-refractivity contribution in [1.82, 2.24) is 10.6 Å². The summed E-state index contributed by atoms with van der Waals surface area (Å²) >= 11 is 0. The first-order valence-corrected chi connectivity index (χ1v) is 5.29. The Bertz CT molecular complexity index is 204. The maximum atomic E-state index is 11.5. The fraction of sp³-hybridized carbons (Fsp3) is 0.800. The van der Waals surface area contributed by atoms with Gasteiger partial charge in [-0.25, -0.2) is 0 Å². The molecule has 2 atom stereocenters. The van der Waals surface area contributed by atoms with E-state index in [9.17, 15) is 9.59 Å². The van der Waals surface area contributed by atoms with Gasteiger partial charge in [0, 0.05) is 0 Å². The maximum Gasteiger partial charge on any atom is 0.243 e. The molecule has 1 aliphatic rings. The summed E-state index contributed by atoms with van der Waals surface area (Å²) in [5.41, 5.74) is 0. The molecule has 80 valence electrons. The minimum atomic E-state index is -0.319. The summed E-state index contributed by atoms with van der Waals surface area (Å²) in [5, 5.41) is 5.50. The van der Waals surface area contributed by atoms with Crippen LogP contribution in [-0.4, -0.2) is 23.9 Å². The molecule has 1 fully saturated rings. The normalized spacial score (nSPS) is 27.0. The minimum Gasteiger partial charge on any atom is -0.343 e. The molecular formula is C10H18N2O2. The lowest BCUT2D eigenvalue weighted by molar-refractivity contribution is -0.137. The van der Waals surface area contributed by atoms with Crippen LogP contribution < -0.4 is 10.6 Å². The molecular weight excluding hydrogens is 180 g/mol. The van der Waals surface area contributed by atoms with Crippen LogP contribution in [0.25, 0.3) is 0 Å². The Morgan fingerprint density at radius 2 is 1.29 bits per heavy atom. The zero-order valence-corrected chi connectivity index (χ0v) is 8.80. The average molecular weight is 198 g/mol. The van der Waals surface area contributed by atoms with Crippen molar-refractivity contribution >= 4 is 11.8 Å². The molecule has 0 aliphatic carbocycles. The van der Waals surface area contributed by atoms with Crippen LogP contribution in [0.5, 0.6) is 0 Å². The number of rotatable bonds is 4. The summed E-state index contributed by atoms with van der Waals surface area (Å²) in [6.45, 7) is 4.00. The molecule has 1 rings (SSSR count). The third kappa shape index (κ3) is 2.47. The van der Waals surface area contributed by atoms with Crippen LogP contribution in [0.3, 0.4) is 0 Å². The molecule has 1 heterocycles. The highest BCUT2D eigenvalue weighted by molar-refractivity contribution is 5.96. The highest BCUT2D eigenvalue weighted by Gasteiger charge is 2.31. The van der Waals surface area contributed by atoms with Crippen molar-refractivity contribution in [2.45, 2.75) is 51.6 Å². The van der Waals surface area contributed by atoms with Crippen molar-refractivity contribution in [2.24, 2.45) is 0 Å². The Balaban J connectivity index is 2.53. The first-order valence-electron chi connectivity index (χ1n) is 5.29. The molecule has 2 amide bonds. The molecule has 0 radical (unpaired) electrons. The van der Waals surface area contributed by atoms with Crippen LogP contribution in [0.15, 0.2) is 0 Å². The molecule has 1 saturated heterocycles. The quantitative estimate of drug-likeness (QED) is 0.694. The molecule has 4 nitrogen and oxygen atoms in total. The first-order chi connectivity index (χ1) is 6.69. The molecule has 0 spiro atoms. The third-order valence-corrected chi connectivity index (χ3v) is 2.42. The SMILES string of the molecule is CCCC1NC(=O)C(CCC)NC1=O. The van der Waals surface area contributed by atoms with E-state index < -0.39 is 0 Å². The average Bonchev–Trinajstić information content (AvgIpc) is 2.14. The van der Waals surface area contributed by atoms with E-state index in [2.05, 4.69) is 10.6 Å². The number of hydrogen-bond donors (Lipinski definition) is 2. The molecule has 0 aromatic carbocycles. The predicted octanol–water partition coefficient (Wildman–Crippen LogP) is 0.570. The van der Waals surface area contributed by atoms with Crippen LogP contribution in [0, 0.1) is 0 Å². The maximum absolute atomic E-state index is 11.5. The van der Waals surface area contributed by atoms with Gasteiger partial charge in [0.25, 0.3) is 0 Å². The number of hydrogen-bond acceptors (Lipinski definition) is 2. The van der Waals surface area contributed by atoms with Crippen LogP contribution in [0.1, 0.15) is 39.5 Å². The van der Waals surface area contributed by atoms with Gasteiger partial charge in [-0.05, 0) is 12.8 Å². The number of nitrogens with one attached hydrogen (secondary N) is 2. The fourth-order valence-corrected chi connectivity index (χ4v) is 1.66. The molecule has 0 aromatic rings. The number of amides is 2. The van der Waals surface area contributed by atoms with Gasteiger partial charge in [0.1, 0.15) is 12.1 Å². The van der Waals surface area contributed by atoms with E-state index in [1.807, 2.05) is 13.8 Å². The summed E-state index contributed by atoms with van der Waals surface area (Å²) in [5.74, 6) is -0.0743. The van der Waals surface area contributed by atoms with Crippen molar-refractivity contribution < 1.29 is 9.59 Å². The molecule has 0 saturated carbocycles. The molecule has 0 bridgehead atoms. The summed E-state index contributed by atoms with van der Waals surface area (Å²) < 4.78 is 0. The summed E-state index contributed by atoms with van der Waals surface area (Å²) in [6.07, 6.45) is 3.24. The number of piperazine rings is 1. The van der Waals surface area contributed by atoms with E-state index in [1.54, 1.807) is 0 Å². The van der Waals surface area contributed by atoms with E-state index in [0.29, 0.717) is 0 Å². The highest BCUT2D eigenvalue weighted by Crippen LogP contribution is 2.07. The standard InChI is InChI=1S/C10H18N2O2/c1-3-5-7-9(13)12-8(6-4-2)10(14)11-7/h7-8H,3-6H2,1-2H3,(H,11,14)(H,12,13). The van der Waals surface area contributed by atoms with E-state index >= 15 is 0 Å². The Morgan fingerprint density at radius 3 is 1.57 bits per heavy atom. The summed E-state index contributed by atoms with van der Waals surface area (Å²) in [4.78, 5) is 23.0. The van der Waals surface area contributed by atoms with Crippen molar-refractivity contribution in [3.63, 3.8) is 0 Å². The second-order valence-electron chi connectivity index (χ2n) is 3.70. The van der Waals surface area contributed by atoms with Gasteiger partial charge < -0.3 is 10.6 Å². The second-order valence-corrected chi connectivity index (χ2v) is 3.70. The van der Waals surface area contributed by atoms with Gasteiger partial charge in [-0.15, -0.1) is 0 Å². The molecule has 1 aliphatic heterocycles. The van der Waals surface area contributed by atoms with Gasteiger partial charge >= 0.3 is 0 Å². The van der Waals surface area contributed by atoms with E-state index in [4.69, 9.17) is 0 Å². The Hall–Kier alpha value is -1.06. The van der Waals surface area contributed by atoms with Gasteiger partial charge in [-0.3, -0.25) is 9.59 Å².